The van der Waals surface area contributed by atoms with Gasteiger partial charge in [-0.05, 0) is 24.0 Å². The Balaban J connectivity index is 1.93. The maximum absolute atomic E-state index is 5.58. The molecule has 21 heavy (non-hydrogen) atoms. The molecular formula is C19H22NO. The van der Waals surface area contributed by atoms with Crippen molar-refractivity contribution in [1.29, 1.82) is 0 Å². The Morgan fingerprint density at radius 1 is 0.952 bits per heavy atom. The molecule has 2 aromatic rings. The van der Waals surface area contributed by atoms with Crippen LogP contribution in [-0.2, 0) is 4.74 Å². The molecule has 1 heterocycles. The lowest BCUT2D eigenvalue weighted by Gasteiger charge is -2.34. The van der Waals surface area contributed by atoms with Crippen LogP contribution in [0.25, 0.3) is 0 Å². The number of nitrogens with zero attached hydrogens (tertiary/aromatic N) is 1. The summed E-state index contributed by atoms with van der Waals surface area (Å²) in [5.41, 5.74) is 2.68. The van der Waals surface area contributed by atoms with Crippen molar-refractivity contribution in [1.82, 2.24) is 5.32 Å². The van der Waals surface area contributed by atoms with Gasteiger partial charge in [-0.2, -0.15) is 0 Å². The van der Waals surface area contributed by atoms with Crippen molar-refractivity contribution in [2.75, 3.05) is 13.7 Å². The maximum Gasteiger partial charge on any atom is 0.0599 e. The molecule has 1 fully saturated rings. The molecular weight excluding hydrogens is 258 g/mol. The van der Waals surface area contributed by atoms with E-state index in [2.05, 4.69) is 60.7 Å². The summed E-state index contributed by atoms with van der Waals surface area (Å²) in [4.78, 5) is 0. The van der Waals surface area contributed by atoms with Gasteiger partial charge in [-0.25, -0.2) is 5.32 Å². The molecule has 1 radical (unpaired) electrons. The van der Waals surface area contributed by atoms with Gasteiger partial charge < -0.3 is 4.74 Å². The number of ether oxygens (including phenoxy) is 1. The summed E-state index contributed by atoms with van der Waals surface area (Å²) in [6, 6.07) is 21.7. The van der Waals surface area contributed by atoms with Crippen LogP contribution in [-0.4, -0.2) is 25.8 Å². The van der Waals surface area contributed by atoms with Gasteiger partial charge >= 0.3 is 0 Å². The predicted molar refractivity (Wildman–Crippen MR) is 85.5 cm³/mol. The van der Waals surface area contributed by atoms with Gasteiger partial charge in [0, 0.05) is 25.6 Å². The average molecular weight is 280 g/mol. The van der Waals surface area contributed by atoms with E-state index in [0.29, 0.717) is 18.1 Å². The van der Waals surface area contributed by atoms with Gasteiger partial charge in [0.2, 0.25) is 0 Å². The molecule has 0 spiro atoms. The van der Waals surface area contributed by atoms with E-state index in [0.717, 1.165) is 19.4 Å². The predicted octanol–water partition coefficient (Wildman–Crippen LogP) is 3.60. The molecule has 0 aliphatic carbocycles. The van der Waals surface area contributed by atoms with Crippen LogP contribution < -0.4 is 5.32 Å². The van der Waals surface area contributed by atoms with Crippen LogP contribution in [0, 0.1) is 0 Å². The highest BCUT2D eigenvalue weighted by molar-refractivity contribution is 5.34. The van der Waals surface area contributed by atoms with E-state index in [1.165, 1.54) is 11.1 Å². The van der Waals surface area contributed by atoms with Crippen molar-refractivity contribution in [3.05, 3.63) is 71.8 Å². The Kier molecular flexibility index (Phi) is 4.69. The lowest BCUT2D eigenvalue weighted by Crippen LogP contribution is -2.40. The quantitative estimate of drug-likeness (QED) is 0.839. The SMILES string of the molecule is COC1CC[N]C(C(c2ccccc2)c2ccccc2)C1. The van der Waals surface area contributed by atoms with Gasteiger partial charge in [0.05, 0.1) is 6.10 Å². The van der Waals surface area contributed by atoms with Crippen LogP contribution in [0.1, 0.15) is 29.9 Å². The number of hydrogen-bond donors (Lipinski definition) is 0. The molecule has 2 unspecified atom stereocenters. The smallest absolute Gasteiger partial charge is 0.0599 e. The minimum atomic E-state index is 0.300. The number of benzene rings is 2. The maximum atomic E-state index is 5.58. The second-order valence-corrected chi connectivity index (χ2v) is 5.65. The first-order valence-corrected chi connectivity index (χ1v) is 7.68. The van der Waals surface area contributed by atoms with Crippen LogP contribution in [0.3, 0.4) is 0 Å². The Labute approximate surface area is 127 Å². The average Bonchev–Trinajstić information content (AvgIpc) is 2.57. The second kappa shape index (κ2) is 6.88. The van der Waals surface area contributed by atoms with E-state index in [-0.39, 0.29) is 0 Å². The van der Waals surface area contributed by atoms with E-state index in [9.17, 15) is 0 Å². The van der Waals surface area contributed by atoms with E-state index >= 15 is 0 Å². The molecule has 1 aliphatic heterocycles. The third kappa shape index (κ3) is 3.34. The Morgan fingerprint density at radius 3 is 2.05 bits per heavy atom. The van der Waals surface area contributed by atoms with Gasteiger partial charge in [0.25, 0.3) is 0 Å². The van der Waals surface area contributed by atoms with Crippen molar-refractivity contribution in [2.45, 2.75) is 30.9 Å². The molecule has 3 rings (SSSR count). The van der Waals surface area contributed by atoms with E-state index in [1.807, 2.05) is 7.11 Å². The zero-order chi connectivity index (χ0) is 14.5. The van der Waals surface area contributed by atoms with Crippen LogP contribution in [0.5, 0.6) is 0 Å². The second-order valence-electron chi connectivity index (χ2n) is 5.65. The standard InChI is InChI=1S/C19H22NO/c1-21-17-12-13-20-18(14-17)19(15-8-4-2-5-9-15)16-10-6-3-7-11-16/h2-11,17-19H,12-14H2,1H3. The lowest BCUT2D eigenvalue weighted by molar-refractivity contribution is 0.0584. The van der Waals surface area contributed by atoms with Crippen molar-refractivity contribution < 1.29 is 4.74 Å². The van der Waals surface area contributed by atoms with Gasteiger partial charge in [-0.1, -0.05) is 60.7 Å². The van der Waals surface area contributed by atoms with Crippen LogP contribution >= 0.6 is 0 Å². The molecule has 0 amide bonds. The van der Waals surface area contributed by atoms with Gasteiger partial charge in [-0.15, -0.1) is 0 Å². The highest BCUT2D eigenvalue weighted by Crippen LogP contribution is 2.32. The molecule has 0 bridgehead atoms. The summed E-state index contributed by atoms with van der Waals surface area (Å²) < 4.78 is 5.58. The lowest BCUT2D eigenvalue weighted by atomic mass is 9.81. The Hall–Kier alpha value is -1.64. The first kappa shape index (κ1) is 14.3. The largest absolute Gasteiger partial charge is 0.381 e. The third-order valence-electron chi connectivity index (χ3n) is 4.35. The minimum absolute atomic E-state index is 0.300. The molecule has 2 atom stereocenters. The molecule has 0 N–H and O–H groups in total. The summed E-state index contributed by atoms with van der Waals surface area (Å²) in [6.07, 6.45) is 2.39. The van der Waals surface area contributed by atoms with Gasteiger partial charge in [-0.3, -0.25) is 0 Å². The van der Waals surface area contributed by atoms with E-state index < -0.39 is 0 Å². The summed E-state index contributed by atoms with van der Waals surface area (Å²) in [6.45, 7) is 0.902. The van der Waals surface area contributed by atoms with Crippen molar-refractivity contribution in [3.63, 3.8) is 0 Å². The fourth-order valence-corrected chi connectivity index (χ4v) is 3.26. The van der Waals surface area contributed by atoms with Gasteiger partial charge in [0.1, 0.15) is 0 Å². The molecule has 2 heteroatoms. The Morgan fingerprint density at radius 2 is 1.52 bits per heavy atom. The zero-order valence-electron chi connectivity index (χ0n) is 12.5. The summed E-state index contributed by atoms with van der Waals surface area (Å²) in [5, 5.41) is 4.90. The normalized spacial score (nSPS) is 22.4. The molecule has 109 valence electrons. The molecule has 2 aromatic carbocycles. The van der Waals surface area contributed by atoms with Crippen molar-refractivity contribution in [3.8, 4) is 0 Å². The summed E-state index contributed by atoms with van der Waals surface area (Å²) in [5.74, 6) is 0.324. The molecule has 2 nitrogen and oxygen atoms in total. The minimum Gasteiger partial charge on any atom is -0.381 e. The first-order chi connectivity index (χ1) is 10.4. The topological polar surface area (TPSA) is 23.3 Å². The summed E-state index contributed by atoms with van der Waals surface area (Å²) >= 11 is 0. The highest BCUT2D eigenvalue weighted by atomic mass is 16.5. The first-order valence-electron chi connectivity index (χ1n) is 7.68. The van der Waals surface area contributed by atoms with Crippen LogP contribution in [0.4, 0.5) is 0 Å². The summed E-state index contributed by atoms with van der Waals surface area (Å²) in [7, 11) is 1.81. The zero-order valence-corrected chi connectivity index (χ0v) is 12.5. The number of hydrogen-bond acceptors (Lipinski definition) is 1. The number of piperidine rings is 1. The fraction of sp³-hybridized carbons (Fsp3) is 0.368. The molecule has 1 saturated heterocycles. The van der Waals surface area contributed by atoms with Crippen molar-refractivity contribution >= 4 is 0 Å². The van der Waals surface area contributed by atoms with E-state index in [4.69, 9.17) is 10.1 Å². The molecule has 1 aliphatic rings. The fourth-order valence-electron chi connectivity index (χ4n) is 3.26. The monoisotopic (exact) mass is 280 g/mol. The number of methoxy groups -OCH3 is 1. The van der Waals surface area contributed by atoms with Crippen molar-refractivity contribution in [2.24, 2.45) is 0 Å². The van der Waals surface area contributed by atoms with Crippen LogP contribution in [0.2, 0.25) is 0 Å². The Bertz CT molecular complexity index is 501. The highest BCUT2D eigenvalue weighted by Gasteiger charge is 2.31. The van der Waals surface area contributed by atoms with Gasteiger partial charge in [0.15, 0.2) is 0 Å². The van der Waals surface area contributed by atoms with E-state index in [1.54, 1.807) is 0 Å². The van der Waals surface area contributed by atoms with Crippen LogP contribution in [0.15, 0.2) is 60.7 Å². The number of rotatable bonds is 4. The third-order valence-corrected chi connectivity index (χ3v) is 4.35. The molecule has 0 saturated carbocycles. The molecule has 0 aromatic heterocycles.